The Bertz CT molecular complexity index is 615. The van der Waals surface area contributed by atoms with Gasteiger partial charge in [0, 0.05) is 12.3 Å². The van der Waals surface area contributed by atoms with E-state index in [0.717, 1.165) is 0 Å². The van der Waals surface area contributed by atoms with Gasteiger partial charge in [0.1, 0.15) is 18.1 Å². The molecule has 1 saturated heterocycles. The van der Waals surface area contributed by atoms with Crippen LogP contribution in [0.15, 0.2) is 0 Å². The molecule has 11 nitrogen and oxygen atoms in total. The summed E-state index contributed by atoms with van der Waals surface area (Å²) in [4.78, 5) is 59.6. The summed E-state index contributed by atoms with van der Waals surface area (Å²) in [6, 6.07) is -4.36. The van der Waals surface area contributed by atoms with Crippen molar-refractivity contribution >= 4 is 42.3 Å². The molecular formula is C15H24N4O7S. The highest BCUT2D eigenvalue weighted by molar-refractivity contribution is 7.80. The third-order valence-corrected chi connectivity index (χ3v) is 4.46. The zero-order valence-corrected chi connectivity index (χ0v) is 15.6. The summed E-state index contributed by atoms with van der Waals surface area (Å²) in [7, 11) is 0. The number of carbonyl (C=O) groups excluding carboxylic acids is 3. The predicted molar refractivity (Wildman–Crippen MR) is 96.0 cm³/mol. The van der Waals surface area contributed by atoms with Gasteiger partial charge in [-0.1, -0.05) is 0 Å². The molecule has 0 bridgehead atoms. The summed E-state index contributed by atoms with van der Waals surface area (Å²) in [6.45, 7) is 1.63. The van der Waals surface area contributed by atoms with E-state index in [9.17, 15) is 24.0 Å². The predicted octanol–water partition coefficient (Wildman–Crippen LogP) is -2.22. The zero-order valence-electron chi connectivity index (χ0n) is 14.8. The minimum atomic E-state index is -1.26. The van der Waals surface area contributed by atoms with Crippen molar-refractivity contribution in [3.8, 4) is 0 Å². The first-order chi connectivity index (χ1) is 12.6. The molecule has 0 aromatic rings. The van der Waals surface area contributed by atoms with Crippen LogP contribution in [0.25, 0.3) is 0 Å². The van der Waals surface area contributed by atoms with E-state index in [2.05, 4.69) is 23.3 Å². The lowest BCUT2D eigenvalue weighted by Crippen LogP contribution is -2.56. The average molecular weight is 404 g/mol. The number of carbonyl (C=O) groups is 5. The fraction of sp³-hybridized carbons (Fsp3) is 0.667. The second kappa shape index (κ2) is 10.1. The SMILES string of the molecule is CC(NC(=O)C1CCCN1C(=O)C(N)CC(=O)O)C(=O)NC(CS)C(=O)O. The Kier molecular flexibility index (Phi) is 8.50. The number of aliphatic carboxylic acids is 2. The summed E-state index contributed by atoms with van der Waals surface area (Å²) in [5, 5.41) is 22.3. The van der Waals surface area contributed by atoms with E-state index in [4.69, 9.17) is 15.9 Å². The van der Waals surface area contributed by atoms with Crippen molar-refractivity contribution in [3.05, 3.63) is 0 Å². The molecule has 1 aliphatic rings. The number of rotatable bonds is 9. The Labute approximate surface area is 161 Å². The molecule has 6 N–H and O–H groups in total. The lowest BCUT2D eigenvalue weighted by Gasteiger charge is -2.27. The normalized spacial score (nSPS) is 19.7. The molecule has 0 saturated carbocycles. The summed E-state index contributed by atoms with van der Waals surface area (Å²) in [6.07, 6.45) is 0.327. The number of nitrogens with zero attached hydrogens (tertiary/aromatic N) is 1. The van der Waals surface area contributed by atoms with Crippen LogP contribution in [0.5, 0.6) is 0 Å². The maximum Gasteiger partial charge on any atom is 0.327 e. The first-order valence-corrected chi connectivity index (χ1v) is 8.94. The van der Waals surface area contributed by atoms with E-state index in [1.165, 1.54) is 11.8 Å². The quantitative estimate of drug-likeness (QED) is 0.234. The van der Waals surface area contributed by atoms with Crippen LogP contribution >= 0.6 is 12.6 Å². The van der Waals surface area contributed by atoms with Gasteiger partial charge in [0.05, 0.1) is 12.5 Å². The number of thiol groups is 1. The number of nitrogens with two attached hydrogens (primary N) is 1. The number of hydrogen-bond donors (Lipinski definition) is 6. The summed E-state index contributed by atoms with van der Waals surface area (Å²) in [5.41, 5.74) is 5.58. The van der Waals surface area contributed by atoms with Gasteiger partial charge in [-0.15, -0.1) is 0 Å². The lowest BCUT2D eigenvalue weighted by molar-refractivity contribution is -0.144. The van der Waals surface area contributed by atoms with Gasteiger partial charge < -0.3 is 31.5 Å². The van der Waals surface area contributed by atoms with Crippen molar-refractivity contribution < 1.29 is 34.2 Å². The van der Waals surface area contributed by atoms with Crippen LogP contribution in [0.3, 0.4) is 0 Å². The Morgan fingerprint density at radius 3 is 2.37 bits per heavy atom. The Balaban J connectivity index is 2.69. The molecule has 0 radical (unpaired) electrons. The minimum Gasteiger partial charge on any atom is -0.481 e. The Hall–Kier alpha value is -2.34. The molecule has 0 aromatic heterocycles. The van der Waals surface area contributed by atoms with Crippen molar-refractivity contribution in [1.29, 1.82) is 0 Å². The van der Waals surface area contributed by atoms with Crippen molar-refractivity contribution in [2.75, 3.05) is 12.3 Å². The standard InChI is InChI=1S/C15H24N4O7S/c1-7(12(22)18-9(6-27)15(25)26)17-13(23)10-3-2-4-19(10)14(24)8(16)5-11(20)21/h7-10,27H,2-6,16H2,1H3,(H,17,23)(H,18,22)(H,20,21)(H,25,26). The molecular weight excluding hydrogens is 380 g/mol. The van der Waals surface area contributed by atoms with E-state index < -0.39 is 60.2 Å². The van der Waals surface area contributed by atoms with Crippen molar-refractivity contribution in [1.82, 2.24) is 15.5 Å². The molecule has 0 spiro atoms. The number of nitrogens with one attached hydrogen (secondary N) is 2. The second-order valence-corrected chi connectivity index (χ2v) is 6.57. The van der Waals surface area contributed by atoms with Crippen LogP contribution in [0.1, 0.15) is 26.2 Å². The van der Waals surface area contributed by atoms with Crippen LogP contribution in [0.4, 0.5) is 0 Å². The molecule has 1 fully saturated rings. The molecule has 1 heterocycles. The average Bonchev–Trinajstić information content (AvgIpc) is 3.07. The van der Waals surface area contributed by atoms with E-state index in [1.54, 1.807) is 0 Å². The van der Waals surface area contributed by atoms with Crippen molar-refractivity contribution in [2.45, 2.75) is 50.4 Å². The molecule has 152 valence electrons. The van der Waals surface area contributed by atoms with E-state index in [0.29, 0.717) is 12.8 Å². The fourth-order valence-electron chi connectivity index (χ4n) is 2.65. The molecule has 0 aromatic carbocycles. The maximum absolute atomic E-state index is 12.4. The van der Waals surface area contributed by atoms with Gasteiger partial charge in [-0.3, -0.25) is 19.2 Å². The van der Waals surface area contributed by atoms with Gasteiger partial charge in [-0.2, -0.15) is 12.6 Å². The number of likely N-dealkylation sites (tertiary alicyclic amines) is 1. The fourth-order valence-corrected chi connectivity index (χ4v) is 2.90. The largest absolute Gasteiger partial charge is 0.481 e. The van der Waals surface area contributed by atoms with Crippen molar-refractivity contribution in [2.24, 2.45) is 5.73 Å². The zero-order chi connectivity index (χ0) is 20.7. The lowest BCUT2D eigenvalue weighted by atomic mass is 10.1. The first kappa shape index (κ1) is 22.7. The van der Waals surface area contributed by atoms with Crippen LogP contribution in [-0.4, -0.2) is 81.2 Å². The second-order valence-electron chi connectivity index (χ2n) is 6.21. The number of amides is 3. The third-order valence-electron chi connectivity index (χ3n) is 4.10. The Morgan fingerprint density at radius 1 is 1.22 bits per heavy atom. The maximum atomic E-state index is 12.4. The van der Waals surface area contributed by atoms with Gasteiger partial charge in [-0.25, -0.2) is 4.79 Å². The Morgan fingerprint density at radius 2 is 1.85 bits per heavy atom. The van der Waals surface area contributed by atoms with E-state index in [-0.39, 0.29) is 12.3 Å². The van der Waals surface area contributed by atoms with Gasteiger partial charge in [0.25, 0.3) is 0 Å². The molecule has 27 heavy (non-hydrogen) atoms. The van der Waals surface area contributed by atoms with Crippen molar-refractivity contribution in [3.63, 3.8) is 0 Å². The summed E-state index contributed by atoms with van der Waals surface area (Å²) < 4.78 is 0. The van der Waals surface area contributed by atoms with Gasteiger partial charge in [0.2, 0.25) is 17.7 Å². The highest BCUT2D eigenvalue weighted by Crippen LogP contribution is 2.19. The highest BCUT2D eigenvalue weighted by Gasteiger charge is 2.37. The van der Waals surface area contributed by atoms with Gasteiger partial charge in [-0.05, 0) is 19.8 Å². The molecule has 4 atom stereocenters. The molecule has 0 aliphatic carbocycles. The summed E-state index contributed by atoms with van der Waals surface area (Å²) in [5.74, 6) is -4.54. The number of carboxylic acid groups (broad SMARTS) is 2. The smallest absolute Gasteiger partial charge is 0.327 e. The third kappa shape index (κ3) is 6.40. The van der Waals surface area contributed by atoms with Crippen LogP contribution in [-0.2, 0) is 24.0 Å². The summed E-state index contributed by atoms with van der Waals surface area (Å²) >= 11 is 3.84. The number of hydrogen-bond acceptors (Lipinski definition) is 7. The first-order valence-electron chi connectivity index (χ1n) is 8.30. The van der Waals surface area contributed by atoms with Crippen LogP contribution in [0, 0.1) is 0 Å². The van der Waals surface area contributed by atoms with Crippen LogP contribution in [0.2, 0.25) is 0 Å². The highest BCUT2D eigenvalue weighted by atomic mass is 32.1. The molecule has 4 unspecified atom stereocenters. The van der Waals surface area contributed by atoms with Crippen LogP contribution < -0.4 is 16.4 Å². The minimum absolute atomic E-state index is 0.117. The molecule has 12 heteroatoms. The van der Waals surface area contributed by atoms with Gasteiger partial charge in [0.15, 0.2) is 0 Å². The molecule has 1 aliphatic heterocycles. The van der Waals surface area contributed by atoms with E-state index in [1.807, 2.05) is 0 Å². The molecule has 1 rings (SSSR count). The number of carboxylic acids is 2. The van der Waals surface area contributed by atoms with E-state index >= 15 is 0 Å². The van der Waals surface area contributed by atoms with Gasteiger partial charge >= 0.3 is 11.9 Å². The topological polar surface area (TPSA) is 179 Å². The monoisotopic (exact) mass is 404 g/mol. The molecule has 3 amide bonds.